The molecule has 1 aromatic carbocycles. The first kappa shape index (κ1) is 14.1. The van der Waals surface area contributed by atoms with Crippen molar-refractivity contribution >= 4 is 11.8 Å². The van der Waals surface area contributed by atoms with Gasteiger partial charge >= 0.3 is 0 Å². The van der Waals surface area contributed by atoms with Gasteiger partial charge in [0.15, 0.2) is 0 Å². The zero-order valence-electron chi connectivity index (χ0n) is 10.9. The van der Waals surface area contributed by atoms with Crippen molar-refractivity contribution in [3.8, 4) is 6.07 Å². The highest BCUT2D eigenvalue weighted by Gasteiger charge is 2.09. The third-order valence-electron chi connectivity index (χ3n) is 2.43. The number of hydrogen-bond acceptors (Lipinski definition) is 3. The fourth-order valence-corrected chi connectivity index (χ4v) is 2.63. The average Bonchev–Trinajstić information content (AvgIpc) is 2.25. The minimum atomic E-state index is -0.0827. The SMILES string of the molecule is Cc1ccc(SCC(C#N)NC(C)C)c(C)c1. The van der Waals surface area contributed by atoms with E-state index in [1.165, 1.54) is 16.0 Å². The fraction of sp³-hybridized carbons (Fsp3) is 0.500. The number of nitrogens with one attached hydrogen (secondary N) is 1. The van der Waals surface area contributed by atoms with E-state index >= 15 is 0 Å². The summed E-state index contributed by atoms with van der Waals surface area (Å²) in [5, 5.41) is 12.3. The van der Waals surface area contributed by atoms with Gasteiger partial charge in [-0.15, -0.1) is 11.8 Å². The van der Waals surface area contributed by atoms with Crippen LogP contribution in [0.2, 0.25) is 0 Å². The standard InChI is InChI=1S/C14H20N2S/c1-10(2)16-13(8-15)9-17-14-6-5-11(3)7-12(14)4/h5-7,10,13,16H,9H2,1-4H3. The molecular weight excluding hydrogens is 228 g/mol. The molecule has 0 aliphatic carbocycles. The summed E-state index contributed by atoms with van der Waals surface area (Å²) in [6.45, 7) is 8.34. The minimum Gasteiger partial charge on any atom is -0.299 e. The Bertz CT molecular complexity index is 407. The molecule has 0 saturated carbocycles. The van der Waals surface area contributed by atoms with Crippen LogP contribution in [-0.2, 0) is 0 Å². The quantitative estimate of drug-likeness (QED) is 0.812. The Morgan fingerprint density at radius 3 is 2.59 bits per heavy atom. The van der Waals surface area contributed by atoms with E-state index in [9.17, 15) is 0 Å². The molecule has 1 rings (SSSR count). The summed E-state index contributed by atoms with van der Waals surface area (Å²) in [4.78, 5) is 1.27. The number of aryl methyl sites for hydroxylation is 2. The molecule has 0 fully saturated rings. The maximum absolute atomic E-state index is 9.04. The molecule has 0 aliphatic heterocycles. The molecule has 1 unspecified atom stereocenters. The Hall–Kier alpha value is -0.980. The maximum atomic E-state index is 9.04. The van der Waals surface area contributed by atoms with E-state index < -0.39 is 0 Å². The van der Waals surface area contributed by atoms with Crippen LogP contribution in [0.1, 0.15) is 25.0 Å². The summed E-state index contributed by atoms with van der Waals surface area (Å²) >= 11 is 1.75. The van der Waals surface area contributed by atoms with Crippen molar-refractivity contribution in [3.05, 3.63) is 29.3 Å². The smallest absolute Gasteiger partial charge is 0.105 e. The van der Waals surface area contributed by atoms with Crippen molar-refractivity contribution in [2.75, 3.05) is 5.75 Å². The number of rotatable bonds is 5. The Morgan fingerprint density at radius 1 is 1.35 bits per heavy atom. The van der Waals surface area contributed by atoms with Gasteiger partial charge in [0.2, 0.25) is 0 Å². The van der Waals surface area contributed by atoms with Crippen LogP contribution in [-0.4, -0.2) is 17.8 Å². The summed E-state index contributed by atoms with van der Waals surface area (Å²) in [6.07, 6.45) is 0. The first-order valence-electron chi connectivity index (χ1n) is 5.88. The number of benzene rings is 1. The average molecular weight is 248 g/mol. The van der Waals surface area contributed by atoms with Gasteiger partial charge in [-0.05, 0) is 39.3 Å². The molecule has 0 aromatic heterocycles. The van der Waals surface area contributed by atoms with Crippen LogP contribution in [0.3, 0.4) is 0 Å². The summed E-state index contributed by atoms with van der Waals surface area (Å²) in [6, 6.07) is 9.00. The zero-order chi connectivity index (χ0) is 12.8. The first-order chi connectivity index (χ1) is 8.02. The molecule has 0 aliphatic rings. The van der Waals surface area contributed by atoms with Crippen LogP contribution >= 0.6 is 11.8 Å². The van der Waals surface area contributed by atoms with Crippen LogP contribution in [0.4, 0.5) is 0 Å². The molecule has 1 atom stereocenters. The summed E-state index contributed by atoms with van der Waals surface area (Å²) in [5.74, 6) is 0.790. The van der Waals surface area contributed by atoms with Crippen molar-refractivity contribution in [1.82, 2.24) is 5.32 Å². The van der Waals surface area contributed by atoms with Gasteiger partial charge in [0.05, 0.1) is 6.07 Å². The number of nitriles is 1. The van der Waals surface area contributed by atoms with Gasteiger partial charge in [0.1, 0.15) is 6.04 Å². The lowest BCUT2D eigenvalue weighted by molar-refractivity contribution is 0.560. The van der Waals surface area contributed by atoms with Crippen molar-refractivity contribution < 1.29 is 0 Å². The molecular formula is C14H20N2S. The van der Waals surface area contributed by atoms with Crippen LogP contribution in [0.25, 0.3) is 0 Å². The van der Waals surface area contributed by atoms with Gasteiger partial charge in [-0.3, -0.25) is 5.32 Å². The second-order valence-corrected chi connectivity index (χ2v) is 5.64. The van der Waals surface area contributed by atoms with Crippen molar-refractivity contribution in [2.45, 2.75) is 44.7 Å². The highest BCUT2D eigenvalue weighted by atomic mass is 32.2. The normalized spacial score (nSPS) is 12.5. The molecule has 0 amide bonds. The molecule has 0 radical (unpaired) electrons. The third kappa shape index (κ3) is 4.80. The van der Waals surface area contributed by atoms with Crippen molar-refractivity contribution in [1.29, 1.82) is 5.26 Å². The van der Waals surface area contributed by atoms with E-state index in [0.29, 0.717) is 6.04 Å². The maximum Gasteiger partial charge on any atom is 0.105 e. The molecule has 3 heteroatoms. The molecule has 1 N–H and O–H groups in total. The molecule has 0 saturated heterocycles. The second-order valence-electron chi connectivity index (χ2n) is 4.58. The predicted molar refractivity (Wildman–Crippen MR) is 74.3 cm³/mol. The van der Waals surface area contributed by atoms with Gasteiger partial charge in [0, 0.05) is 16.7 Å². The zero-order valence-corrected chi connectivity index (χ0v) is 11.8. The van der Waals surface area contributed by atoms with E-state index in [4.69, 9.17) is 5.26 Å². The Morgan fingerprint density at radius 2 is 2.06 bits per heavy atom. The van der Waals surface area contributed by atoms with E-state index in [2.05, 4.69) is 57.3 Å². The molecule has 1 aromatic rings. The van der Waals surface area contributed by atoms with Crippen molar-refractivity contribution in [2.24, 2.45) is 0 Å². The van der Waals surface area contributed by atoms with Crippen LogP contribution in [0.5, 0.6) is 0 Å². The van der Waals surface area contributed by atoms with Gasteiger partial charge in [0.25, 0.3) is 0 Å². The minimum absolute atomic E-state index is 0.0827. The van der Waals surface area contributed by atoms with Crippen molar-refractivity contribution in [3.63, 3.8) is 0 Å². The Kier molecular flexibility index (Phi) is 5.54. The lowest BCUT2D eigenvalue weighted by Gasteiger charge is -2.14. The van der Waals surface area contributed by atoms with Gasteiger partial charge in [-0.2, -0.15) is 5.26 Å². The molecule has 0 bridgehead atoms. The lowest BCUT2D eigenvalue weighted by Crippen LogP contribution is -2.35. The monoisotopic (exact) mass is 248 g/mol. The summed E-state index contributed by atoms with van der Waals surface area (Å²) in [5.41, 5.74) is 2.57. The predicted octanol–water partition coefficient (Wildman–Crippen LogP) is 3.29. The second kappa shape index (κ2) is 6.68. The first-order valence-corrected chi connectivity index (χ1v) is 6.87. The highest BCUT2D eigenvalue weighted by Crippen LogP contribution is 2.23. The molecule has 0 spiro atoms. The molecule has 0 heterocycles. The Labute approximate surface area is 108 Å². The van der Waals surface area contributed by atoms with E-state index in [-0.39, 0.29) is 6.04 Å². The largest absolute Gasteiger partial charge is 0.299 e. The molecule has 2 nitrogen and oxygen atoms in total. The molecule has 92 valence electrons. The van der Waals surface area contributed by atoms with Crippen LogP contribution in [0, 0.1) is 25.2 Å². The fourth-order valence-electron chi connectivity index (χ4n) is 1.66. The Balaban J connectivity index is 2.57. The van der Waals surface area contributed by atoms with E-state index in [0.717, 1.165) is 5.75 Å². The van der Waals surface area contributed by atoms with Crippen LogP contribution < -0.4 is 5.32 Å². The topological polar surface area (TPSA) is 35.8 Å². The highest BCUT2D eigenvalue weighted by molar-refractivity contribution is 7.99. The summed E-state index contributed by atoms with van der Waals surface area (Å²) in [7, 11) is 0. The third-order valence-corrected chi connectivity index (χ3v) is 3.70. The van der Waals surface area contributed by atoms with Gasteiger partial charge in [-0.25, -0.2) is 0 Å². The van der Waals surface area contributed by atoms with E-state index in [1.807, 2.05) is 0 Å². The van der Waals surface area contributed by atoms with Gasteiger partial charge < -0.3 is 0 Å². The number of nitrogens with zero attached hydrogens (tertiary/aromatic N) is 1. The molecule has 17 heavy (non-hydrogen) atoms. The summed E-state index contributed by atoms with van der Waals surface area (Å²) < 4.78 is 0. The number of thioether (sulfide) groups is 1. The number of hydrogen-bond donors (Lipinski definition) is 1. The van der Waals surface area contributed by atoms with Gasteiger partial charge in [-0.1, -0.05) is 17.7 Å². The van der Waals surface area contributed by atoms with E-state index in [1.54, 1.807) is 11.8 Å². The lowest BCUT2D eigenvalue weighted by atomic mass is 10.2. The van der Waals surface area contributed by atoms with Crippen LogP contribution in [0.15, 0.2) is 23.1 Å².